The van der Waals surface area contributed by atoms with Crippen molar-refractivity contribution < 1.29 is 66.2 Å². The van der Waals surface area contributed by atoms with Crippen LogP contribution in [0, 0.1) is 17.3 Å². The molecule has 8 amide bonds. The summed E-state index contributed by atoms with van der Waals surface area (Å²) >= 11 is 0.942. The van der Waals surface area contributed by atoms with Gasteiger partial charge in [-0.2, -0.15) is 8.78 Å². The first-order valence-corrected chi connectivity index (χ1v) is 27.2. The van der Waals surface area contributed by atoms with Crippen LogP contribution in [0.15, 0.2) is 91.0 Å². The minimum absolute atomic E-state index is 0.0109. The Balaban J connectivity index is 0.893. The topological polar surface area (TPSA) is 249 Å². The maximum absolute atomic E-state index is 15.2. The molecular formula is C55H53F2N6O12PS. The molecule has 400 valence electrons. The molecule has 4 aliphatic heterocycles. The second-order valence-electron chi connectivity index (χ2n) is 20.4. The van der Waals surface area contributed by atoms with Crippen LogP contribution in [-0.2, 0) is 47.2 Å². The number of ether oxygens (including phenoxy) is 1. The molecule has 0 saturated carbocycles. The standard InChI is InChI=1S/C55H53F2N6O12PS/c1-54(2,3)47(60-49(67)44-27-35-24-37(15-19-43(35)77-44)55(56,57)76(72,73)74)53(71)62-29-36-25-38(16-14-33(36)26-42(62)52(70)61-22-8-12-34(28-61)32-10-5-4-6-11-32)75-30-46(65)58-21-7-9-31-13-17-39-40(23-31)51(69)63(50(39)68)41-18-20-45(64)59-48(41)66/h4-6,10-11,13-17,19,23-25,27,34,41-42,47H,8,12,18,20-22,26,28-30H2,1-3H3,(H,58,65)(H,60,67)(H,59,64,66)(H2,72,73,74)/t34-,41?,42-,47?/m0/s1. The smallest absolute Gasteiger partial charge is 0.399 e. The lowest BCUT2D eigenvalue weighted by Crippen LogP contribution is -2.61. The lowest BCUT2D eigenvalue weighted by molar-refractivity contribution is -0.150. The van der Waals surface area contributed by atoms with E-state index in [2.05, 4.69) is 27.8 Å². The quantitative estimate of drug-likeness (QED) is 0.0584. The van der Waals surface area contributed by atoms with Crippen molar-refractivity contribution in [2.45, 2.75) is 89.1 Å². The Morgan fingerprint density at radius 2 is 1.66 bits per heavy atom. The number of hydrogen-bond acceptors (Lipinski definition) is 11. The van der Waals surface area contributed by atoms with Crippen molar-refractivity contribution in [3.05, 3.63) is 135 Å². The maximum Gasteiger partial charge on any atom is 0.399 e. The zero-order chi connectivity index (χ0) is 55.1. The van der Waals surface area contributed by atoms with E-state index < -0.39 is 90.3 Å². The van der Waals surface area contributed by atoms with Crippen molar-refractivity contribution in [1.29, 1.82) is 0 Å². The second kappa shape index (κ2) is 21.4. The molecule has 18 nitrogen and oxygen atoms in total. The number of alkyl halides is 2. The van der Waals surface area contributed by atoms with Gasteiger partial charge in [0.05, 0.1) is 22.5 Å². The number of piperidine rings is 2. The molecule has 0 spiro atoms. The van der Waals surface area contributed by atoms with Crippen LogP contribution < -0.4 is 20.7 Å². The average Bonchev–Trinajstić information content (AvgIpc) is 4.00. The third kappa shape index (κ3) is 11.3. The number of carbonyl (C=O) groups excluding carboxylic acids is 8. The predicted octanol–water partition coefficient (Wildman–Crippen LogP) is 5.58. The molecule has 2 unspecified atom stereocenters. The molecule has 5 heterocycles. The van der Waals surface area contributed by atoms with Gasteiger partial charge in [0.15, 0.2) is 6.61 Å². The van der Waals surface area contributed by atoms with E-state index in [9.17, 15) is 56.7 Å². The van der Waals surface area contributed by atoms with Gasteiger partial charge in [0.1, 0.15) is 23.9 Å². The van der Waals surface area contributed by atoms with Gasteiger partial charge in [-0.1, -0.05) is 75.1 Å². The summed E-state index contributed by atoms with van der Waals surface area (Å²) in [6.45, 7) is 5.57. The number of nitrogens with zero attached hydrogens (tertiary/aromatic N) is 3. The Morgan fingerprint density at radius 3 is 2.39 bits per heavy atom. The summed E-state index contributed by atoms with van der Waals surface area (Å²) in [6, 6.07) is 20.5. The van der Waals surface area contributed by atoms with Gasteiger partial charge in [0, 0.05) is 54.2 Å². The van der Waals surface area contributed by atoms with Gasteiger partial charge in [-0.3, -0.25) is 53.1 Å². The maximum atomic E-state index is 15.2. The van der Waals surface area contributed by atoms with Crippen LogP contribution in [0.5, 0.6) is 5.75 Å². The minimum atomic E-state index is -5.87. The summed E-state index contributed by atoms with van der Waals surface area (Å²) in [6.07, 6.45) is 1.75. The van der Waals surface area contributed by atoms with Crippen molar-refractivity contribution >= 4 is 76.3 Å². The van der Waals surface area contributed by atoms with Crippen molar-refractivity contribution in [3.8, 4) is 17.6 Å². The monoisotopic (exact) mass is 1090 g/mol. The Hall–Kier alpha value is -7.63. The number of imide groups is 2. The Kier molecular flexibility index (Phi) is 15.1. The van der Waals surface area contributed by atoms with Crippen LogP contribution in [0.1, 0.15) is 111 Å². The molecule has 77 heavy (non-hydrogen) atoms. The highest BCUT2D eigenvalue weighted by molar-refractivity contribution is 7.52. The molecule has 22 heteroatoms. The molecule has 2 fully saturated rings. The minimum Gasteiger partial charge on any atom is -0.484 e. The van der Waals surface area contributed by atoms with Crippen molar-refractivity contribution in [1.82, 2.24) is 30.7 Å². The summed E-state index contributed by atoms with van der Waals surface area (Å²) in [4.78, 5) is 130. The van der Waals surface area contributed by atoms with Crippen molar-refractivity contribution in [2.24, 2.45) is 5.41 Å². The number of nitrogens with one attached hydrogen (secondary N) is 3. The van der Waals surface area contributed by atoms with Crippen LogP contribution in [0.25, 0.3) is 10.1 Å². The molecule has 4 atom stereocenters. The molecule has 0 aliphatic carbocycles. The van der Waals surface area contributed by atoms with Gasteiger partial charge in [-0.05, 0) is 95.3 Å². The van der Waals surface area contributed by atoms with Crippen LogP contribution in [0.2, 0.25) is 0 Å². The van der Waals surface area contributed by atoms with E-state index in [1.165, 1.54) is 35.2 Å². The number of amides is 8. The zero-order valence-corrected chi connectivity index (χ0v) is 43.7. The first-order chi connectivity index (χ1) is 36.5. The van der Waals surface area contributed by atoms with Crippen LogP contribution in [-0.4, -0.2) is 116 Å². The van der Waals surface area contributed by atoms with Crippen molar-refractivity contribution in [3.63, 3.8) is 0 Å². The summed E-state index contributed by atoms with van der Waals surface area (Å²) in [5.74, 6) is 1.45. The van der Waals surface area contributed by atoms with Gasteiger partial charge in [-0.15, -0.1) is 11.3 Å². The zero-order valence-electron chi connectivity index (χ0n) is 42.0. The lowest BCUT2D eigenvalue weighted by atomic mass is 9.83. The fourth-order valence-corrected chi connectivity index (χ4v) is 11.5. The average molecular weight is 1090 g/mol. The SMILES string of the molecule is CC(C)(C)C(NC(=O)c1cc2cc(C(F)(F)P(=O)(O)O)ccc2s1)C(=O)N1Cc2cc(OCC(=O)NCC#Cc3ccc4c(c3)C(=O)N(C3CCC(=O)NC3=O)C4=O)ccc2C[C@H]1C(=O)N1CCC[C@H](c2ccccc2)C1. The van der Waals surface area contributed by atoms with Gasteiger partial charge >= 0.3 is 13.3 Å². The molecule has 5 N–H and O–H groups in total. The van der Waals surface area contributed by atoms with E-state index in [1.54, 1.807) is 43.9 Å². The van der Waals surface area contributed by atoms with E-state index in [-0.39, 0.29) is 65.6 Å². The number of carbonyl (C=O) groups is 8. The molecular weight excluding hydrogens is 1040 g/mol. The second-order valence-corrected chi connectivity index (χ2v) is 23.2. The lowest BCUT2D eigenvalue weighted by Gasteiger charge is -2.43. The fraction of sp³-hybridized carbons (Fsp3) is 0.345. The van der Waals surface area contributed by atoms with E-state index in [1.807, 2.05) is 30.3 Å². The number of thiophene rings is 1. The molecule has 4 aliphatic rings. The third-order valence-electron chi connectivity index (χ3n) is 14.1. The summed E-state index contributed by atoms with van der Waals surface area (Å²) < 4.78 is 47.2. The Morgan fingerprint density at radius 1 is 0.909 bits per heavy atom. The molecule has 2 saturated heterocycles. The summed E-state index contributed by atoms with van der Waals surface area (Å²) in [7, 11) is -5.87. The first kappa shape index (κ1) is 54.2. The van der Waals surface area contributed by atoms with E-state index >= 15 is 4.79 Å². The van der Waals surface area contributed by atoms with E-state index in [4.69, 9.17) is 4.74 Å². The van der Waals surface area contributed by atoms with Crippen molar-refractivity contribution in [2.75, 3.05) is 26.2 Å². The Labute approximate surface area is 444 Å². The normalized spacial score (nSPS) is 19.2. The number of benzene rings is 4. The third-order valence-corrected chi connectivity index (χ3v) is 16.2. The first-order valence-electron chi connectivity index (χ1n) is 24.8. The highest BCUT2D eigenvalue weighted by Crippen LogP contribution is 2.59. The largest absolute Gasteiger partial charge is 0.484 e. The molecule has 0 radical (unpaired) electrons. The van der Waals surface area contributed by atoms with Gasteiger partial charge < -0.3 is 35.0 Å². The highest BCUT2D eigenvalue weighted by Gasteiger charge is 2.51. The number of hydrogen-bond donors (Lipinski definition) is 5. The van der Waals surface area contributed by atoms with E-state index in [0.717, 1.165) is 52.3 Å². The van der Waals surface area contributed by atoms with Gasteiger partial charge in [0.25, 0.3) is 23.6 Å². The molecule has 0 bridgehead atoms. The number of halogens is 2. The van der Waals surface area contributed by atoms with Crippen LogP contribution in [0.3, 0.4) is 0 Å². The summed E-state index contributed by atoms with van der Waals surface area (Å²) in [5.41, 5.74) is -3.29. The fourth-order valence-electron chi connectivity index (χ4n) is 10.1. The summed E-state index contributed by atoms with van der Waals surface area (Å²) in [5, 5.41) is 7.79. The van der Waals surface area contributed by atoms with Crippen LogP contribution in [0.4, 0.5) is 8.78 Å². The number of rotatable bonds is 12. The number of likely N-dealkylation sites (tertiary alicyclic amines) is 1. The van der Waals surface area contributed by atoms with E-state index in [0.29, 0.717) is 34.7 Å². The molecule has 1 aromatic heterocycles. The predicted molar refractivity (Wildman–Crippen MR) is 276 cm³/mol. The Bertz CT molecular complexity index is 3380. The van der Waals surface area contributed by atoms with Gasteiger partial charge in [0.2, 0.25) is 23.6 Å². The molecule has 5 aromatic rings. The van der Waals surface area contributed by atoms with Crippen LogP contribution >= 0.6 is 18.9 Å². The molecule has 9 rings (SSSR count). The highest BCUT2D eigenvalue weighted by atomic mass is 32.1. The molecule has 4 aromatic carbocycles. The van der Waals surface area contributed by atoms with Gasteiger partial charge in [-0.25, -0.2) is 0 Å². The number of fused-ring (bicyclic) bond motifs is 3.